The van der Waals surface area contributed by atoms with Crippen LogP contribution in [0.1, 0.15) is 35.3 Å². The molecule has 0 bridgehead atoms. The Morgan fingerprint density at radius 2 is 1.90 bits per heavy atom. The number of anilines is 1. The lowest BCUT2D eigenvalue weighted by molar-refractivity contribution is 0.102. The molecule has 0 aliphatic carbocycles. The Bertz CT molecular complexity index is 627. The largest absolute Gasteiger partial charge is 0.476 e. The number of hydrogen-bond acceptors (Lipinski definition) is 3. The van der Waals surface area contributed by atoms with Gasteiger partial charge in [0.25, 0.3) is 5.91 Å². The first-order valence-corrected chi connectivity index (χ1v) is 7.13. The molecule has 0 radical (unpaired) electrons. The molecule has 0 saturated carbocycles. The topological polar surface area (TPSA) is 56.2 Å². The molecule has 1 aromatic carbocycles. The normalized spacial score (nSPS) is 10.5. The van der Waals surface area contributed by atoms with Gasteiger partial charge in [0.15, 0.2) is 0 Å². The minimum absolute atomic E-state index is 0.205. The summed E-state index contributed by atoms with van der Waals surface area (Å²) < 4.78 is 7.13. The summed E-state index contributed by atoms with van der Waals surface area (Å²) >= 11 is 0. The van der Waals surface area contributed by atoms with Crippen molar-refractivity contribution >= 4 is 11.6 Å². The van der Waals surface area contributed by atoms with Crippen molar-refractivity contribution < 1.29 is 9.53 Å². The van der Waals surface area contributed by atoms with Crippen molar-refractivity contribution in [2.24, 2.45) is 0 Å². The Hall–Kier alpha value is -2.30. The smallest absolute Gasteiger partial charge is 0.262 e. The number of benzene rings is 1. The van der Waals surface area contributed by atoms with Crippen molar-refractivity contribution in [3.05, 3.63) is 41.1 Å². The number of nitrogens with one attached hydrogen (secondary N) is 1. The number of aromatic nitrogens is 2. The fraction of sp³-hybridized carbons (Fsp3) is 0.375. The maximum absolute atomic E-state index is 12.4. The first-order chi connectivity index (χ1) is 10.0. The zero-order valence-electron chi connectivity index (χ0n) is 12.9. The van der Waals surface area contributed by atoms with Gasteiger partial charge in [-0.15, -0.1) is 5.10 Å². The Kier molecular flexibility index (Phi) is 4.62. The van der Waals surface area contributed by atoms with Crippen LogP contribution in [-0.2, 0) is 6.54 Å². The molecular formula is C16H21N3O2. The third kappa shape index (κ3) is 3.62. The summed E-state index contributed by atoms with van der Waals surface area (Å²) in [4.78, 5) is 12.4. The number of hydrogen-bond donors (Lipinski definition) is 1. The summed E-state index contributed by atoms with van der Waals surface area (Å²) in [6.45, 7) is 9.01. The van der Waals surface area contributed by atoms with E-state index in [1.165, 1.54) is 0 Å². The molecule has 1 aromatic heterocycles. The van der Waals surface area contributed by atoms with E-state index in [0.29, 0.717) is 24.6 Å². The van der Waals surface area contributed by atoms with Gasteiger partial charge in [-0.1, -0.05) is 6.07 Å². The standard InChI is InChI=1S/C16H21N3O2/c1-5-19-10-14(16(18-19)21-6-2)15(20)17-13-8-11(3)7-12(4)9-13/h7-10H,5-6H2,1-4H3,(H,17,20). The van der Waals surface area contributed by atoms with E-state index in [0.717, 1.165) is 16.8 Å². The zero-order valence-corrected chi connectivity index (χ0v) is 12.9. The molecule has 0 aliphatic rings. The fourth-order valence-electron chi connectivity index (χ4n) is 2.21. The monoisotopic (exact) mass is 287 g/mol. The summed E-state index contributed by atoms with van der Waals surface area (Å²) in [5, 5.41) is 7.15. The van der Waals surface area contributed by atoms with Crippen molar-refractivity contribution in [1.82, 2.24) is 9.78 Å². The maximum atomic E-state index is 12.4. The Morgan fingerprint density at radius 1 is 1.24 bits per heavy atom. The van der Waals surface area contributed by atoms with Crippen LogP contribution in [0.15, 0.2) is 24.4 Å². The lowest BCUT2D eigenvalue weighted by atomic mass is 10.1. The molecule has 2 aromatic rings. The summed E-state index contributed by atoms with van der Waals surface area (Å²) in [5.74, 6) is 0.171. The number of rotatable bonds is 5. The summed E-state index contributed by atoms with van der Waals surface area (Å²) in [7, 11) is 0. The third-order valence-corrected chi connectivity index (χ3v) is 3.06. The molecule has 2 rings (SSSR count). The van der Waals surface area contributed by atoms with Crippen LogP contribution < -0.4 is 10.1 Å². The number of carbonyl (C=O) groups is 1. The second-order valence-electron chi connectivity index (χ2n) is 4.97. The minimum atomic E-state index is -0.205. The van der Waals surface area contributed by atoms with Gasteiger partial charge >= 0.3 is 0 Å². The van der Waals surface area contributed by atoms with E-state index in [2.05, 4.69) is 16.5 Å². The molecular weight excluding hydrogens is 266 g/mol. The number of aryl methyl sites for hydroxylation is 3. The molecule has 5 heteroatoms. The molecule has 1 amide bonds. The van der Waals surface area contributed by atoms with Gasteiger partial charge < -0.3 is 10.1 Å². The maximum Gasteiger partial charge on any atom is 0.262 e. The molecule has 0 aliphatic heterocycles. The Labute approximate surface area is 124 Å². The molecule has 0 spiro atoms. The van der Waals surface area contributed by atoms with Gasteiger partial charge in [0.2, 0.25) is 5.88 Å². The van der Waals surface area contributed by atoms with Crippen LogP contribution in [0.25, 0.3) is 0 Å². The summed E-state index contributed by atoms with van der Waals surface area (Å²) in [6, 6.07) is 5.95. The molecule has 112 valence electrons. The molecule has 5 nitrogen and oxygen atoms in total. The molecule has 0 fully saturated rings. The van der Waals surface area contributed by atoms with Crippen LogP contribution in [-0.4, -0.2) is 22.3 Å². The van der Waals surface area contributed by atoms with Crippen LogP contribution in [0, 0.1) is 13.8 Å². The van der Waals surface area contributed by atoms with Crippen LogP contribution >= 0.6 is 0 Å². The molecule has 1 N–H and O–H groups in total. The fourth-order valence-corrected chi connectivity index (χ4v) is 2.21. The van der Waals surface area contributed by atoms with E-state index in [1.807, 2.05) is 39.8 Å². The minimum Gasteiger partial charge on any atom is -0.476 e. The first kappa shape index (κ1) is 15.1. The lowest BCUT2D eigenvalue weighted by Gasteiger charge is -2.07. The van der Waals surface area contributed by atoms with E-state index in [1.54, 1.807) is 10.9 Å². The van der Waals surface area contributed by atoms with Crippen molar-refractivity contribution in [1.29, 1.82) is 0 Å². The highest BCUT2D eigenvalue weighted by Crippen LogP contribution is 2.20. The highest BCUT2D eigenvalue weighted by molar-refractivity contribution is 6.05. The predicted octanol–water partition coefficient (Wildman–Crippen LogP) is 3.17. The molecule has 0 saturated heterocycles. The SMILES string of the molecule is CCOc1nn(CC)cc1C(=O)Nc1cc(C)cc(C)c1. The summed E-state index contributed by atoms with van der Waals surface area (Å²) in [5.41, 5.74) is 3.46. The second kappa shape index (κ2) is 6.43. The lowest BCUT2D eigenvalue weighted by Crippen LogP contribution is -2.13. The van der Waals surface area contributed by atoms with Gasteiger partial charge in [0.1, 0.15) is 5.56 Å². The van der Waals surface area contributed by atoms with Gasteiger partial charge in [-0.2, -0.15) is 0 Å². The third-order valence-electron chi connectivity index (χ3n) is 3.06. The quantitative estimate of drug-likeness (QED) is 0.919. The van der Waals surface area contributed by atoms with Crippen molar-refractivity contribution in [3.8, 4) is 5.88 Å². The Balaban J connectivity index is 2.25. The first-order valence-electron chi connectivity index (χ1n) is 7.13. The molecule has 0 atom stereocenters. The van der Waals surface area contributed by atoms with E-state index in [-0.39, 0.29) is 5.91 Å². The van der Waals surface area contributed by atoms with Crippen molar-refractivity contribution in [2.75, 3.05) is 11.9 Å². The Morgan fingerprint density at radius 3 is 2.48 bits per heavy atom. The van der Waals surface area contributed by atoms with E-state index in [9.17, 15) is 4.79 Å². The average molecular weight is 287 g/mol. The van der Waals surface area contributed by atoms with Gasteiger partial charge in [-0.3, -0.25) is 9.48 Å². The second-order valence-corrected chi connectivity index (χ2v) is 4.97. The number of amides is 1. The average Bonchev–Trinajstić information content (AvgIpc) is 2.81. The highest BCUT2D eigenvalue weighted by atomic mass is 16.5. The van der Waals surface area contributed by atoms with Gasteiger partial charge in [0.05, 0.1) is 6.61 Å². The number of nitrogens with zero attached hydrogens (tertiary/aromatic N) is 2. The predicted molar refractivity (Wildman–Crippen MR) is 82.9 cm³/mol. The van der Waals surface area contributed by atoms with Crippen LogP contribution in [0.5, 0.6) is 5.88 Å². The van der Waals surface area contributed by atoms with Crippen LogP contribution in [0.3, 0.4) is 0 Å². The molecule has 0 unspecified atom stereocenters. The molecule has 1 heterocycles. The summed E-state index contributed by atoms with van der Waals surface area (Å²) in [6.07, 6.45) is 1.71. The van der Waals surface area contributed by atoms with Crippen LogP contribution in [0.2, 0.25) is 0 Å². The number of carbonyl (C=O) groups excluding carboxylic acids is 1. The van der Waals surface area contributed by atoms with E-state index < -0.39 is 0 Å². The van der Waals surface area contributed by atoms with Gasteiger partial charge in [0, 0.05) is 18.4 Å². The van der Waals surface area contributed by atoms with Gasteiger partial charge in [-0.25, -0.2) is 0 Å². The molecule has 21 heavy (non-hydrogen) atoms. The van der Waals surface area contributed by atoms with Crippen LogP contribution in [0.4, 0.5) is 5.69 Å². The van der Waals surface area contributed by atoms with Gasteiger partial charge in [-0.05, 0) is 51.0 Å². The van der Waals surface area contributed by atoms with Crippen molar-refractivity contribution in [2.45, 2.75) is 34.2 Å². The zero-order chi connectivity index (χ0) is 15.4. The van der Waals surface area contributed by atoms with E-state index in [4.69, 9.17) is 4.74 Å². The van der Waals surface area contributed by atoms with Crippen molar-refractivity contribution in [3.63, 3.8) is 0 Å². The van der Waals surface area contributed by atoms with E-state index >= 15 is 0 Å². The number of ether oxygens (including phenoxy) is 1. The highest BCUT2D eigenvalue weighted by Gasteiger charge is 2.17.